The third kappa shape index (κ3) is 12.6. The zero-order valence-corrected chi connectivity index (χ0v) is 32.8. The molecule has 0 aliphatic heterocycles. The van der Waals surface area contributed by atoms with Crippen LogP contribution < -0.4 is 10.6 Å². The lowest BCUT2D eigenvalue weighted by molar-refractivity contribution is 0.590. The number of benzene rings is 2. The average molecular weight is 630 g/mol. The van der Waals surface area contributed by atoms with E-state index in [1.165, 1.54) is 21.7 Å². The zero-order chi connectivity index (χ0) is 30.1. The van der Waals surface area contributed by atoms with Crippen LogP contribution >= 0.6 is 40.7 Å². The van der Waals surface area contributed by atoms with Crippen LogP contribution in [0, 0.1) is 0 Å². The second-order valence-corrected chi connectivity index (χ2v) is 24.7. The highest BCUT2D eigenvalue weighted by atomic mass is 35.5. The smallest absolute Gasteiger partial charge is 0.0132 e. The molecule has 0 aliphatic carbocycles. The van der Waals surface area contributed by atoms with Crippen LogP contribution in [0.25, 0.3) is 0 Å². The first-order chi connectivity index (χ1) is 16.7. The highest BCUT2D eigenvalue weighted by Crippen LogP contribution is 2.59. The van der Waals surface area contributed by atoms with Crippen LogP contribution in [-0.4, -0.2) is 20.6 Å². The van der Waals surface area contributed by atoms with Crippen LogP contribution in [-0.2, 0) is 10.8 Å². The van der Waals surface area contributed by atoms with Gasteiger partial charge >= 0.3 is 0 Å². The molecule has 0 saturated heterocycles. The van der Waals surface area contributed by atoms with Crippen molar-refractivity contribution in [3.05, 3.63) is 59.7 Å². The molecule has 2 rings (SSSR count). The van der Waals surface area contributed by atoms with Gasteiger partial charge in [0.2, 0.25) is 0 Å². The van der Waals surface area contributed by atoms with Crippen molar-refractivity contribution in [2.75, 3.05) is 0 Å². The van der Waals surface area contributed by atoms with Crippen LogP contribution in [0.15, 0.2) is 48.5 Å². The van der Waals surface area contributed by atoms with Gasteiger partial charge in [-0.25, -0.2) is 0 Å². The number of hydrogen-bond acceptors (Lipinski definition) is 0. The highest BCUT2D eigenvalue weighted by Gasteiger charge is 2.36. The van der Waals surface area contributed by atoms with Crippen molar-refractivity contribution in [2.45, 2.75) is 156 Å². The van der Waals surface area contributed by atoms with Gasteiger partial charge in [-0.3, -0.25) is 0 Å². The van der Waals surface area contributed by atoms with Gasteiger partial charge in [-0.15, -0.1) is 24.8 Å². The van der Waals surface area contributed by atoms with Gasteiger partial charge in [-0.05, 0) is 53.2 Å². The highest BCUT2D eigenvalue weighted by molar-refractivity contribution is 7.68. The minimum absolute atomic E-state index is 0. The van der Waals surface area contributed by atoms with Gasteiger partial charge in [0.25, 0.3) is 0 Å². The summed E-state index contributed by atoms with van der Waals surface area (Å²) in [7, 11) is -0.372. The summed E-state index contributed by atoms with van der Waals surface area (Å²) in [5.74, 6) is 0. The standard InChI is InChI=1S/2C18H31P.2ClH/c2*1-16(2,3)14-10-12-15(13-11-14)19(17(4,5)6)18(7,8)9;;/h2*10-13H,1-9H3;2*1H. The molecule has 0 fully saturated rings. The Labute approximate surface area is 266 Å². The summed E-state index contributed by atoms with van der Waals surface area (Å²) in [6.45, 7) is 42.2. The van der Waals surface area contributed by atoms with E-state index >= 15 is 0 Å². The molecular formula is C36H64Cl2P2. The van der Waals surface area contributed by atoms with E-state index < -0.39 is 0 Å². The Morgan fingerprint density at radius 1 is 0.325 bits per heavy atom. The first kappa shape index (κ1) is 42.0. The predicted octanol–water partition coefficient (Wildman–Crippen LogP) is 12.2. The summed E-state index contributed by atoms with van der Waals surface area (Å²) in [4.78, 5) is 0. The summed E-state index contributed by atoms with van der Waals surface area (Å²) in [6.07, 6.45) is 0. The lowest BCUT2D eigenvalue weighted by atomic mass is 9.87. The van der Waals surface area contributed by atoms with Crippen molar-refractivity contribution < 1.29 is 0 Å². The summed E-state index contributed by atoms with van der Waals surface area (Å²) in [5, 5.41) is 4.44. The molecule has 0 N–H and O–H groups in total. The van der Waals surface area contributed by atoms with Gasteiger partial charge < -0.3 is 0 Å². The summed E-state index contributed by atoms with van der Waals surface area (Å²) >= 11 is 0. The van der Waals surface area contributed by atoms with Crippen molar-refractivity contribution >= 4 is 51.3 Å². The number of hydrogen-bond donors (Lipinski definition) is 0. The Hall–Kier alpha value is -0.120. The summed E-state index contributed by atoms with van der Waals surface area (Å²) in [6, 6.07) is 18.7. The topological polar surface area (TPSA) is 0 Å². The van der Waals surface area contributed by atoms with Crippen molar-refractivity contribution in [1.29, 1.82) is 0 Å². The largest absolute Gasteiger partial charge is 0.147 e. The number of halogens is 2. The van der Waals surface area contributed by atoms with Crippen LogP contribution in [0.4, 0.5) is 0 Å². The molecule has 0 spiro atoms. The minimum Gasteiger partial charge on any atom is -0.147 e. The lowest BCUT2D eigenvalue weighted by Crippen LogP contribution is -2.31. The SMILES string of the molecule is CC(C)(C)c1ccc(P(C(C)(C)C)C(C)(C)C)cc1.CC(C)(C)c1ccc(P(C(C)(C)C)C(C)(C)C)cc1.Cl.Cl. The van der Waals surface area contributed by atoms with Gasteiger partial charge in [-0.1, -0.05) is 189 Å². The molecule has 2 aromatic rings. The first-order valence-corrected chi connectivity index (χ1v) is 17.2. The maximum atomic E-state index is 2.38. The Balaban J connectivity index is 0. The van der Waals surface area contributed by atoms with Gasteiger partial charge in [0.15, 0.2) is 0 Å². The zero-order valence-electron chi connectivity index (χ0n) is 29.3. The molecule has 0 nitrogen and oxygen atoms in total. The molecule has 0 amide bonds. The fraction of sp³-hybridized carbons (Fsp3) is 0.667. The maximum Gasteiger partial charge on any atom is -0.0132 e. The molecule has 2 aromatic carbocycles. The molecule has 0 saturated carbocycles. The fourth-order valence-corrected chi connectivity index (χ4v) is 13.8. The average Bonchev–Trinajstić information content (AvgIpc) is 2.63. The van der Waals surface area contributed by atoms with Crippen molar-refractivity contribution in [3.8, 4) is 0 Å². The maximum absolute atomic E-state index is 2.38. The molecule has 0 unspecified atom stereocenters. The van der Waals surface area contributed by atoms with E-state index in [1.807, 2.05) is 0 Å². The molecule has 0 aliphatic rings. The molecule has 4 heteroatoms. The minimum atomic E-state index is -0.186. The monoisotopic (exact) mass is 628 g/mol. The van der Waals surface area contributed by atoms with E-state index in [2.05, 4.69) is 173 Å². The van der Waals surface area contributed by atoms with Gasteiger partial charge in [0.05, 0.1) is 0 Å². The molecule has 0 heterocycles. The van der Waals surface area contributed by atoms with E-state index in [9.17, 15) is 0 Å². The van der Waals surface area contributed by atoms with E-state index in [0.717, 1.165) is 0 Å². The van der Waals surface area contributed by atoms with Crippen molar-refractivity contribution in [3.63, 3.8) is 0 Å². The Morgan fingerprint density at radius 2 is 0.500 bits per heavy atom. The third-order valence-corrected chi connectivity index (χ3v) is 13.7. The van der Waals surface area contributed by atoms with Gasteiger partial charge in [0.1, 0.15) is 0 Å². The Kier molecular flexibility index (Phi) is 15.3. The molecule has 40 heavy (non-hydrogen) atoms. The van der Waals surface area contributed by atoms with Gasteiger partial charge in [-0.2, -0.15) is 0 Å². The molecular weight excluding hydrogens is 565 g/mol. The molecule has 0 bridgehead atoms. The lowest BCUT2D eigenvalue weighted by Gasteiger charge is -2.42. The molecule has 0 radical (unpaired) electrons. The summed E-state index contributed by atoms with van der Waals surface area (Å²) in [5.41, 5.74) is 3.33. The van der Waals surface area contributed by atoms with Gasteiger partial charge in [0, 0.05) is 0 Å². The molecule has 0 aromatic heterocycles. The quantitative estimate of drug-likeness (QED) is 0.290. The second-order valence-electron chi connectivity index (χ2n) is 16.9. The second kappa shape index (κ2) is 14.6. The van der Waals surface area contributed by atoms with Crippen LogP contribution in [0.5, 0.6) is 0 Å². The van der Waals surface area contributed by atoms with Crippen LogP contribution in [0.1, 0.15) is 136 Å². The van der Waals surface area contributed by atoms with E-state index in [1.54, 1.807) is 0 Å². The predicted molar refractivity (Wildman–Crippen MR) is 197 cm³/mol. The van der Waals surface area contributed by atoms with Crippen LogP contribution in [0.3, 0.4) is 0 Å². The van der Waals surface area contributed by atoms with E-state index in [4.69, 9.17) is 0 Å². The first-order valence-electron chi connectivity index (χ1n) is 14.5. The van der Waals surface area contributed by atoms with E-state index in [-0.39, 0.29) is 51.5 Å². The normalized spacial score (nSPS) is 13.3. The van der Waals surface area contributed by atoms with Crippen molar-refractivity contribution in [1.82, 2.24) is 0 Å². The fourth-order valence-electron chi connectivity index (χ4n) is 5.78. The number of rotatable bonds is 2. The molecule has 0 atom stereocenters. The molecule has 232 valence electrons. The summed E-state index contributed by atoms with van der Waals surface area (Å²) < 4.78 is 0. The van der Waals surface area contributed by atoms with E-state index in [0.29, 0.717) is 20.6 Å². The third-order valence-electron chi connectivity index (χ3n) is 6.67. The van der Waals surface area contributed by atoms with Crippen molar-refractivity contribution in [2.24, 2.45) is 0 Å². The van der Waals surface area contributed by atoms with Crippen LogP contribution in [0.2, 0.25) is 0 Å². The Morgan fingerprint density at radius 3 is 0.625 bits per heavy atom. The Bertz CT molecular complexity index is 883.